The Kier molecular flexibility index (Phi) is 4.25. The van der Waals surface area contributed by atoms with Gasteiger partial charge in [-0.15, -0.1) is 0 Å². The molecule has 1 fully saturated rings. The van der Waals surface area contributed by atoms with Crippen molar-refractivity contribution < 1.29 is 9.84 Å². The molecule has 0 bridgehead atoms. The summed E-state index contributed by atoms with van der Waals surface area (Å²) in [5.41, 5.74) is 1.88. The van der Waals surface area contributed by atoms with Gasteiger partial charge in [0.2, 0.25) is 0 Å². The number of phenolic OH excluding ortho intramolecular Hbond substituents is 1. The van der Waals surface area contributed by atoms with Crippen LogP contribution >= 0.6 is 23.4 Å². The van der Waals surface area contributed by atoms with Gasteiger partial charge in [0, 0.05) is 18.0 Å². The van der Waals surface area contributed by atoms with Crippen molar-refractivity contribution in [2.75, 3.05) is 13.7 Å². The molecule has 5 nitrogen and oxygen atoms in total. The number of benzene rings is 1. The van der Waals surface area contributed by atoms with Crippen LogP contribution in [0.1, 0.15) is 30.3 Å². The first-order chi connectivity index (χ1) is 12.1. The predicted octanol–water partition coefficient (Wildman–Crippen LogP) is 4.04. The van der Waals surface area contributed by atoms with E-state index in [1.54, 1.807) is 24.0 Å². The molecule has 0 aliphatic carbocycles. The summed E-state index contributed by atoms with van der Waals surface area (Å²) in [5.74, 6) is 0.334. The summed E-state index contributed by atoms with van der Waals surface area (Å²) in [5, 5.41) is 11.9. The highest BCUT2D eigenvalue weighted by molar-refractivity contribution is 8.14. The third-order valence-electron chi connectivity index (χ3n) is 4.49. The number of rotatable bonds is 3. The number of ether oxygens (including phenoxy) is 1. The number of halogens is 1. The molecule has 1 aromatic carbocycles. The molecule has 0 amide bonds. The zero-order valence-electron chi connectivity index (χ0n) is 13.9. The zero-order chi connectivity index (χ0) is 17.6. The highest BCUT2D eigenvalue weighted by Gasteiger charge is 2.43. The van der Waals surface area contributed by atoms with Gasteiger partial charge in [-0.05, 0) is 29.8 Å². The van der Waals surface area contributed by atoms with Crippen LogP contribution in [0.15, 0.2) is 41.5 Å². The van der Waals surface area contributed by atoms with Crippen molar-refractivity contribution in [3.8, 4) is 11.5 Å². The standard InChI is InChI=1S/C18H18ClN3O2S/c1-10-9-22-16(11-7-12(19)17(23)14(8-11)24-2)15(21-18(22)25-10)13-5-3-4-6-20-13/h3-8,10,15-16,23H,9H2,1-2H3/t10-,15+,16-/m1/s1. The van der Waals surface area contributed by atoms with Crippen LogP contribution < -0.4 is 4.74 Å². The van der Waals surface area contributed by atoms with Crippen LogP contribution in [0.3, 0.4) is 0 Å². The van der Waals surface area contributed by atoms with E-state index >= 15 is 0 Å². The molecular weight excluding hydrogens is 358 g/mol. The number of methoxy groups -OCH3 is 1. The Morgan fingerprint density at radius 2 is 2.20 bits per heavy atom. The molecule has 2 aliphatic rings. The van der Waals surface area contributed by atoms with Gasteiger partial charge in [-0.25, -0.2) is 0 Å². The van der Waals surface area contributed by atoms with E-state index in [4.69, 9.17) is 21.3 Å². The lowest BCUT2D eigenvalue weighted by Crippen LogP contribution is -2.28. The Morgan fingerprint density at radius 1 is 1.36 bits per heavy atom. The molecule has 0 spiro atoms. The largest absolute Gasteiger partial charge is 0.503 e. The van der Waals surface area contributed by atoms with Crippen LogP contribution in [0.4, 0.5) is 0 Å². The maximum absolute atomic E-state index is 10.1. The van der Waals surface area contributed by atoms with Crippen molar-refractivity contribution in [1.29, 1.82) is 0 Å². The summed E-state index contributed by atoms with van der Waals surface area (Å²) < 4.78 is 5.29. The lowest BCUT2D eigenvalue weighted by atomic mass is 9.96. The lowest BCUT2D eigenvalue weighted by molar-refractivity contribution is 0.318. The Bertz CT molecular complexity index is 831. The number of pyridine rings is 1. The molecule has 0 saturated carbocycles. The fourth-order valence-corrected chi connectivity index (χ4v) is 4.71. The van der Waals surface area contributed by atoms with E-state index in [1.807, 2.05) is 24.3 Å². The smallest absolute Gasteiger partial charge is 0.176 e. The molecule has 0 unspecified atom stereocenters. The van der Waals surface area contributed by atoms with Crippen LogP contribution in [-0.2, 0) is 0 Å². The molecular formula is C18H18ClN3O2S. The van der Waals surface area contributed by atoms with Gasteiger partial charge in [0.25, 0.3) is 0 Å². The molecule has 1 saturated heterocycles. The first-order valence-electron chi connectivity index (χ1n) is 8.07. The summed E-state index contributed by atoms with van der Waals surface area (Å²) >= 11 is 8.02. The lowest BCUT2D eigenvalue weighted by Gasteiger charge is -2.28. The van der Waals surface area contributed by atoms with Crippen LogP contribution in [0, 0.1) is 0 Å². The van der Waals surface area contributed by atoms with E-state index in [2.05, 4.69) is 16.8 Å². The van der Waals surface area contributed by atoms with Crippen LogP contribution in [0.5, 0.6) is 11.5 Å². The molecule has 0 radical (unpaired) electrons. The molecule has 3 atom stereocenters. The molecule has 1 aromatic heterocycles. The second-order valence-corrected chi connectivity index (χ2v) is 8.00. The fraction of sp³-hybridized carbons (Fsp3) is 0.333. The van der Waals surface area contributed by atoms with Crippen LogP contribution in [-0.4, -0.2) is 39.1 Å². The minimum absolute atomic E-state index is 0.0191. The maximum atomic E-state index is 10.1. The minimum Gasteiger partial charge on any atom is -0.503 e. The van der Waals surface area contributed by atoms with Crippen molar-refractivity contribution in [2.45, 2.75) is 24.3 Å². The number of phenols is 1. The average molecular weight is 376 g/mol. The first kappa shape index (κ1) is 16.5. The number of nitrogens with zero attached hydrogens (tertiary/aromatic N) is 3. The Labute approximate surface area is 155 Å². The van der Waals surface area contributed by atoms with Crippen molar-refractivity contribution in [3.63, 3.8) is 0 Å². The zero-order valence-corrected chi connectivity index (χ0v) is 15.5. The molecule has 25 heavy (non-hydrogen) atoms. The Balaban J connectivity index is 1.81. The monoisotopic (exact) mass is 375 g/mol. The number of hydrogen-bond donors (Lipinski definition) is 1. The molecule has 2 aromatic rings. The second-order valence-electron chi connectivity index (χ2n) is 6.19. The van der Waals surface area contributed by atoms with Crippen molar-refractivity contribution >= 4 is 28.5 Å². The topological polar surface area (TPSA) is 58.0 Å². The fourth-order valence-electron chi connectivity index (χ4n) is 3.40. The van der Waals surface area contributed by atoms with Gasteiger partial charge in [0.15, 0.2) is 16.7 Å². The summed E-state index contributed by atoms with van der Waals surface area (Å²) in [6, 6.07) is 9.38. The molecule has 2 aliphatic heterocycles. The van der Waals surface area contributed by atoms with E-state index in [1.165, 1.54) is 7.11 Å². The van der Waals surface area contributed by atoms with Gasteiger partial charge in [0.1, 0.15) is 6.04 Å². The third-order valence-corrected chi connectivity index (χ3v) is 5.88. The van der Waals surface area contributed by atoms with E-state index in [9.17, 15) is 5.11 Å². The van der Waals surface area contributed by atoms with Gasteiger partial charge in [-0.1, -0.05) is 36.4 Å². The quantitative estimate of drug-likeness (QED) is 0.877. The SMILES string of the molecule is COc1cc([C@@H]2[C@H](c3ccccn3)N=C3S[C@H](C)CN32)cc(Cl)c1O. The molecule has 1 N–H and O–H groups in total. The van der Waals surface area contributed by atoms with Gasteiger partial charge in [-0.3, -0.25) is 9.98 Å². The predicted molar refractivity (Wildman–Crippen MR) is 101 cm³/mol. The van der Waals surface area contributed by atoms with Gasteiger partial charge >= 0.3 is 0 Å². The first-order valence-corrected chi connectivity index (χ1v) is 9.32. The highest BCUT2D eigenvalue weighted by Crippen LogP contribution is 2.49. The molecule has 130 valence electrons. The van der Waals surface area contributed by atoms with Gasteiger partial charge in [0.05, 0.1) is 23.9 Å². The normalized spacial score (nSPS) is 25.0. The van der Waals surface area contributed by atoms with E-state index < -0.39 is 0 Å². The Morgan fingerprint density at radius 3 is 2.92 bits per heavy atom. The van der Waals surface area contributed by atoms with Crippen molar-refractivity contribution in [1.82, 2.24) is 9.88 Å². The third kappa shape index (κ3) is 2.83. The maximum Gasteiger partial charge on any atom is 0.176 e. The van der Waals surface area contributed by atoms with Crippen LogP contribution in [0.2, 0.25) is 5.02 Å². The number of aromatic hydroxyl groups is 1. The number of aliphatic imine (C=N–C) groups is 1. The van der Waals surface area contributed by atoms with Crippen molar-refractivity contribution in [3.05, 3.63) is 52.8 Å². The minimum atomic E-state index is -0.110. The van der Waals surface area contributed by atoms with Crippen molar-refractivity contribution in [2.24, 2.45) is 4.99 Å². The summed E-state index contributed by atoms with van der Waals surface area (Å²) in [4.78, 5) is 11.7. The number of aromatic nitrogens is 1. The van der Waals surface area contributed by atoms with Gasteiger partial charge < -0.3 is 14.7 Å². The summed E-state index contributed by atoms with van der Waals surface area (Å²) in [7, 11) is 1.52. The molecule has 4 rings (SSSR count). The number of hydrogen-bond acceptors (Lipinski definition) is 6. The molecule has 3 heterocycles. The van der Waals surface area contributed by atoms with E-state index in [-0.39, 0.29) is 22.9 Å². The Hall–Kier alpha value is -1.92. The highest BCUT2D eigenvalue weighted by atomic mass is 35.5. The van der Waals surface area contributed by atoms with E-state index in [0.29, 0.717) is 11.0 Å². The second kappa shape index (κ2) is 6.42. The van der Waals surface area contributed by atoms with Gasteiger partial charge in [-0.2, -0.15) is 0 Å². The summed E-state index contributed by atoms with van der Waals surface area (Å²) in [6.45, 7) is 3.11. The van der Waals surface area contributed by atoms with E-state index in [0.717, 1.165) is 23.0 Å². The molecule has 7 heteroatoms. The van der Waals surface area contributed by atoms with Crippen LogP contribution in [0.25, 0.3) is 0 Å². The number of fused-ring (bicyclic) bond motifs is 1. The summed E-state index contributed by atoms with van der Waals surface area (Å²) in [6.07, 6.45) is 1.79. The number of amidine groups is 1. The number of thioether (sulfide) groups is 1. The average Bonchev–Trinajstić information content (AvgIpc) is 3.14.